The molecule has 0 bridgehead atoms. The zero-order chi connectivity index (χ0) is 17.3. The molecule has 3 amide bonds. The molecule has 0 aromatic carbocycles. The van der Waals surface area contributed by atoms with Gasteiger partial charge in [0.05, 0.1) is 11.9 Å². The van der Waals surface area contributed by atoms with E-state index in [1.165, 1.54) is 25.5 Å². The summed E-state index contributed by atoms with van der Waals surface area (Å²) < 4.78 is 5.34. The highest BCUT2D eigenvalue weighted by molar-refractivity contribution is 6.09. The van der Waals surface area contributed by atoms with E-state index in [1.54, 1.807) is 6.92 Å². The third kappa shape index (κ3) is 2.72. The fraction of sp³-hybridized carbons (Fsp3) is 0.562. The second kappa shape index (κ2) is 6.18. The molecule has 1 aliphatic heterocycles. The second-order valence-corrected chi connectivity index (χ2v) is 6.28. The van der Waals surface area contributed by atoms with Crippen molar-refractivity contribution in [3.63, 3.8) is 0 Å². The van der Waals surface area contributed by atoms with Gasteiger partial charge < -0.3 is 10.1 Å². The number of esters is 1. The van der Waals surface area contributed by atoms with Crippen molar-refractivity contribution in [2.24, 2.45) is 0 Å². The number of carbonyl (C=O) groups excluding carboxylic acids is 3. The van der Waals surface area contributed by atoms with Crippen molar-refractivity contribution in [3.8, 4) is 0 Å². The summed E-state index contributed by atoms with van der Waals surface area (Å²) in [6.45, 7) is 3.16. The van der Waals surface area contributed by atoms with E-state index >= 15 is 0 Å². The second-order valence-electron chi connectivity index (χ2n) is 6.28. The summed E-state index contributed by atoms with van der Waals surface area (Å²) in [4.78, 5) is 46.2. The van der Waals surface area contributed by atoms with Crippen LogP contribution in [0.2, 0.25) is 0 Å². The zero-order valence-corrected chi connectivity index (χ0v) is 13.7. The number of urea groups is 1. The fourth-order valence-corrected chi connectivity index (χ4v) is 3.27. The predicted molar refractivity (Wildman–Crippen MR) is 82.6 cm³/mol. The van der Waals surface area contributed by atoms with Crippen LogP contribution in [0.15, 0.2) is 18.6 Å². The Hall–Kier alpha value is -2.51. The Labute approximate surface area is 139 Å². The third-order valence-electron chi connectivity index (χ3n) is 4.67. The minimum Gasteiger partial charge on any atom is -0.455 e. The number of nitrogens with zero attached hydrogens (tertiary/aromatic N) is 3. The summed E-state index contributed by atoms with van der Waals surface area (Å²) in [6.07, 6.45) is 6.93. The van der Waals surface area contributed by atoms with Crippen LogP contribution in [0.5, 0.6) is 0 Å². The van der Waals surface area contributed by atoms with E-state index < -0.39 is 29.7 Å². The topological polar surface area (TPSA) is 101 Å². The Morgan fingerprint density at radius 1 is 1.29 bits per heavy atom. The van der Waals surface area contributed by atoms with Crippen molar-refractivity contribution in [3.05, 3.63) is 24.3 Å². The molecular formula is C16H20N4O4. The highest BCUT2D eigenvalue weighted by Gasteiger charge is 2.54. The van der Waals surface area contributed by atoms with Gasteiger partial charge in [-0.15, -0.1) is 0 Å². The van der Waals surface area contributed by atoms with E-state index in [-0.39, 0.29) is 5.91 Å². The van der Waals surface area contributed by atoms with Crippen molar-refractivity contribution < 1.29 is 19.1 Å². The van der Waals surface area contributed by atoms with Crippen LogP contribution in [0, 0.1) is 0 Å². The SMILES string of the molecule is C[C@@H](OC(=O)[C@H](C)N1C(=O)NC2(CCCC2)C1=O)c1cnccn1. The zero-order valence-electron chi connectivity index (χ0n) is 13.7. The van der Waals surface area contributed by atoms with Gasteiger partial charge >= 0.3 is 12.0 Å². The largest absolute Gasteiger partial charge is 0.455 e. The first-order chi connectivity index (χ1) is 11.4. The first kappa shape index (κ1) is 16.4. The van der Waals surface area contributed by atoms with E-state index in [2.05, 4.69) is 15.3 Å². The summed E-state index contributed by atoms with van der Waals surface area (Å²) in [7, 11) is 0. The number of imide groups is 1. The van der Waals surface area contributed by atoms with Crippen LogP contribution in [-0.2, 0) is 14.3 Å². The Balaban J connectivity index is 1.69. The Morgan fingerprint density at radius 2 is 2.00 bits per heavy atom. The van der Waals surface area contributed by atoms with Crippen molar-refractivity contribution >= 4 is 17.9 Å². The van der Waals surface area contributed by atoms with Gasteiger partial charge in [-0.1, -0.05) is 12.8 Å². The summed E-state index contributed by atoms with van der Waals surface area (Å²) in [6, 6.07) is -1.52. The Bertz CT molecular complexity index is 657. The van der Waals surface area contributed by atoms with Gasteiger partial charge in [0.15, 0.2) is 0 Å². The molecule has 128 valence electrons. The highest BCUT2D eigenvalue weighted by Crippen LogP contribution is 2.36. The van der Waals surface area contributed by atoms with E-state index in [4.69, 9.17) is 4.74 Å². The van der Waals surface area contributed by atoms with Gasteiger partial charge in [0.25, 0.3) is 5.91 Å². The normalized spacial score (nSPS) is 21.7. The Morgan fingerprint density at radius 3 is 2.62 bits per heavy atom. The molecule has 1 saturated carbocycles. The molecule has 8 heteroatoms. The summed E-state index contributed by atoms with van der Waals surface area (Å²) in [5.74, 6) is -0.978. The van der Waals surface area contributed by atoms with E-state index in [9.17, 15) is 14.4 Å². The van der Waals surface area contributed by atoms with Gasteiger partial charge in [0.1, 0.15) is 17.7 Å². The molecule has 3 rings (SSSR count). The first-order valence-electron chi connectivity index (χ1n) is 8.07. The van der Waals surface area contributed by atoms with Crippen LogP contribution >= 0.6 is 0 Å². The third-order valence-corrected chi connectivity index (χ3v) is 4.67. The Kier molecular flexibility index (Phi) is 4.21. The molecule has 1 aromatic heterocycles. The molecule has 0 radical (unpaired) electrons. The molecule has 2 atom stereocenters. The number of rotatable bonds is 4. The van der Waals surface area contributed by atoms with Gasteiger partial charge in [-0.2, -0.15) is 0 Å². The standard InChI is InChI=1S/C16H20N4O4/c1-10(13(21)24-11(2)12-9-17-7-8-18-12)20-14(22)16(19-15(20)23)5-3-4-6-16/h7-11H,3-6H2,1-2H3,(H,19,23)/t10-,11+/m0/s1. The maximum atomic E-state index is 12.7. The van der Waals surface area contributed by atoms with E-state index in [1.807, 2.05) is 0 Å². The monoisotopic (exact) mass is 332 g/mol. The maximum Gasteiger partial charge on any atom is 0.329 e. The minimum absolute atomic E-state index is 0.332. The number of aromatic nitrogens is 2. The molecule has 2 fully saturated rings. The highest BCUT2D eigenvalue weighted by atomic mass is 16.5. The molecule has 8 nitrogen and oxygen atoms in total. The number of carbonyl (C=O) groups is 3. The molecule has 2 aliphatic rings. The lowest BCUT2D eigenvalue weighted by Crippen LogP contribution is -2.47. The van der Waals surface area contributed by atoms with Crippen molar-refractivity contribution in [1.29, 1.82) is 0 Å². The van der Waals surface area contributed by atoms with Crippen LogP contribution in [0.4, 0.5) is 4.79 Å². The number of nitrogens with one attached hydrogen (secondary N) is 1. The average molecular weight is 332 g/mol. The summed E-state index contributed by atoms with van der Waals surface area (Å²) in [5.41, 5.74) is -0.329. The summed E-state index contributed by atoms with van der Waals surface area (Å²) in [5, 5.41) is 2.76. The van der Waals surface area contributed by atoms with Crippen LogP contribution in [0.3, 0.4) is 0 Å². The van der Waals surface area contributed by atoms with E-state index in [0.717, 1.165) is 17.7 Å². The van der Waals surface area contributed by atoms with Crippen LogP contribution < -0.4 is 5.32 Å². The number of amides is 3. The molecule has 0 unspecified atom stereocenters. The molecule has 1 saturated heterocycles. The predicted octanol–water partition coefficient (Wildman–Crippen LogP) is 1.33. The van der Waals surface area contributed by atoms with Crippen molar-refractivity contribution in [2.75, 3.05) is 0 Å². The number of hydrogen-bond acceptors (Lipinski definition) is 6. The lowest BCUT2D eigenvalue weighted by atomic mass is 9.98. The average Bonchev–Trinajstić information content (AvgIpc) is 3.13. The van der Waals surface area contributed by atoms with Gasteiger partial charge in [-0.05, 0) is 26.7 Å². The molecule has 1 aliphatic carbocycles. The number of ether oxygens (including phenoxy) is 1. The van der Waals surface area contributed by atoms with Crippen molar-refractivity contribution in [1.82, 2.24) is 20.2 Å². The fourth-order valence-electron chi connectivity index (χ4n) is 3.27. The van der Waals surface area contributed by atoms with Gasteiger partial charge in [-0.25, -0.2) is 14.5 Å². The van der Waals surface area contributed by atoms with E-state index in [0.29, 0.717) is 18.5 Å². The molecular weight excluding hydrogens is 312 g/mol. The number of hydrogen-bond donors (Lipinski definition) is 1. The summed E-state index contributed by atoms with van der Waals surface area (Å²) >= 11 is 0. The van der Waals surface area contributed by atoms with Crippen LogP contribution in [-0.4, -0.2) is 44.4 Å². The van der Waals surface area contributed by atoms with Gasteiger partial charge in [-0.3, -0.25) is 14.8 Å². The minimum atomic E-state index is -0.989. The first-order valence-corrected chi connectivity index (χ1v) is 8.07. The lowest BCUT2D eigenvalue weighted by Gasteiger charge is -2.24. The van der Waals surface area contributed by atoms with Crippen molar-refractivity contribution in [2.45, 2.75) is 57.2 Å². The quantitative estimate of drug-likeness (QED) is 0.659. The molecule has 1 spiro atoms. The molecule has 2 heterocycles. The molecule has 1 N–H and O–H groups in total. The molecule has 24 heavy (non-hydrogen) atoms. The maximum absolute atomic E-state index is 12.7. The molecule has 1 aromatic rings. The van der Waals surface area contributed by atoms with Gasteiger partial charge in [0, 0.05) is 12.4 Å². The van der Waals surface area contributed by atoms with Gasteiger partial charge in [0.2, 0.25) is 0 Å². The van der Waals surface area contributed by atoms with Crippen LogP contribution in [0.25, 0.3) is 0 Å². The lowest BCUT2D eigenvalue weighted by molar-refractivity contribution is -0.156. The smallest absolute Gasteiger partial charge is 0.329 e. The van der Waals surface area contributed by atoms with Crippen LogP contribution in [0.1, 0.15) is 51.3 Å².